The zero-order valence-electron chi connectivity index (χ0n) is 15.8. The number of nitrogens with one attached hydrogen (secondary N) is 1. The maximum absolute atomic E-state index is 13.1. The maximum atomic E-state index is 13.1. The van der Waals surface area contributed by atoms with Gasteiger partial charge in [0, 0.05) is 11.4 Å². The third-order valence-electron chi connectivity index (χ3n) is 4.59. The van der Waals surface area contributed by atoms with Gasteiger partial charge in [-0.05, 0) is 50.7 Å². The van der Waals surface area contributed by atoms with Crippen LogP contribution < -0.4 is 5.32 Å². The second kappa shape index (κ2) is 7.57. The van der Waals surface area contributed by atoms with Crippen LogP contribution >= 0.6 is 11.3 Å². The van der Waals surface area contributed by atoms with Gasteiger partial charge in [0.1, 0.15) is 5.69 Å². The Morgan fingerprint density at radius 2 is 2.18 bits per heavy atom. The normalized spacial score (nSPS) is 12.6. The SMILES string of the molecule is Cc1noc2nc(-c3ccco3)cc(C(=O)NC[C@@H](c3cccs3)N(C)C)c12. The van der Waals surface area contributed by atoms with Crippen molar-refractivity contribution in [3.8, 4) is 11.5 Å². The number of aryl methyl sites for hydroxylation is 1. The third-order valence-corrected chi connectivity index (χ3v) is 5.56. The van der Waals surface area contributed by atoms with Gasteiger partial charge in [-0.2, -0.15) is 0 Å². The highest BCUT2D eigenvalue weighted by Gasteiger charge is 2.22. The summed E-state index contributed by atoms with van der Waals surface area (Å²) in [5.74, 6) is 0.365. The van der Waals surface area contributed by atoms with Crippen LogP contribution in [0.1, 0.15) is 27.0 Å². The van der Waals surface area contributed by atoms with E-state index >= 15 is 0 Å². The fourth-order valence-corrected chi connectivity index (χ4v) is 4.05. The lowest BCUT2D eigenvalue weighted by molar-refractivity contribution is 0.0944. The Bertz CT molecular complexity index is 1080. The zero-order valence-corrected chi connectivity index (χ0v) is 16.6. The Kier molecular flexibility index (Phi) is 4.97. The molecule has 0 aliphatic rings. The number of likely N-dealkylation sites (N-methyl/N-ethyl adjacent to an activating group) is 1. The van der Waals surface area contributed by atoms with Crippen molar-refractivity contribution < 1.29 is 13.7 Å². The van der Waals surface area contributed by atoms with Crippen LogP contribution in [0.5, 0.6) is 0 Å². The second-order valence-corrected chi connectivity index (χ2v) is 7.66. The molecule has 4 aromatic rings. The molecule has 4 aromatic heterocycles. The van der Waals surface area contributed by atoms with Gasteiger partial charge in [-0.3, -0.25) is 4.79 Å². The highest BCUT2D eigenvalue weighted by molar-refractivity contribution is 7.10. The summed E-state index contributed by atoms with van der Waals surface area (Å²) < 4.78 is 10.7. The fourth-order valence-electron chi connectivity index (χ4n) is 3.13. The van der Waals surface area contributed by atoms with E-state index in [0.29, 0.717) is 40.4 Å². The van der Waals surface area contributed by atoms with Crippen LogP contribution in [0.3, 0.4) is 0 Å². The molecule has 1 N–H and O–H groups in total. The minimum Gasteiger partial charge on any atom is -0.463 e. The van der Waals surface area contributed by atoms with Crippen LogP contribution in [0, 0.1) is 6.92 Å². The smallest absolute Gasteiger partial charge is 0.259 e. The van der Waals surface area contributed by atoms with Gasteiger partial charge in [0.15, 0.2) is 5.76 Å². The summed E-state index contributed by atoms with van der Waals surface area (Å²) in [6, 6.07) is 9.46. The molecule has 7 nitrogen and oxygen atoms in total. The Morgan fingerprint density at radius 3 is 2.86 bits per heavy atom. The second-order valence-electron chi connectivity index (χ2n) is 6.69. The molecule has 144 valence electrons. The van der Waals surface area contributed by atoms with Crippen LogP contribution in [0.2, 0.25) is 0 Å². The van der Waals surface area contributed by atoms with Crippen molar-refractivity contribution >= 4 is 28.3 Å². The van der Waals surface area contributed by atoms with E-state index in [1.165, 1.54) is 4.88 Å². The summed E-state index contributed by atoms with van der Waals surface area (Å²) in [6.45, 7) is 2.28. The molecule has 0 spiro atoms. The molecular weight excluding hydrogens is 376 g/mol. The van der Waals surface area contributed by atoms with Gasteiger partial charge in [-0.25, -0.2) is 4.98 Å². The van der Waals surface area contributed by atoms with Gasteiger partial charge >= 0.3 is 0 Å². The fraction of sp³-hybridized carbons (Fsp3) is 0.250. The van der Waals surface area contributed by atoms with Crippen LogP contribution in [0.15, 0.2) is 50.9 Å². The molecule has 1 amide bonds. The Hall–Kier alpha value is -2.97. The van der Waals surface area contributed by atoms with Gasteiger partial charge in [-0.1, -0.05) is 11.2 Å². The van der Waals surface area contributed by atoms with E-state index in [1.807, 2.05) is 25.5 Å². The Balaban J connectivity index is 1.65. The predicted octanol–water partition coefficient (Wildman–Crippen LogP) is 3.89. The number of fused-ring (bicyclic) bond motifs is 1. The number of nitrogens with zero attached hydrogens (tertiary/aromatic N) is 3. The van der Waals surface area contributed by atoms with E-state index < -0.39 is 0 Å². The predicted molar refractivity (Wildman–Crippen MR) is 107 cm³/mol. The van der Waals surface area contributed by atoms with Crippen molar-refractivity contribution in [3.63, 3.8) is 0 Å². The number of carbonyl (C=O) groups is 1. The van der Waals surface area contributed by atoms with Crippen LogP contribution in [0.25, 0.3) is 22.6 Å². The summed E-state index contributed by atoms with van der Waals surface area (Å²) in [4.78, 5) is 20.8. The summed E-state index contributed by atoms with van der Waals surface area (Å²) in [6.07, 6.45) is 1.56. The molecule has 4 heterocycles. The molecule has 0 unspecified atom stereocenters. The topological polar surface area (TPSA) is 84.4 Å². The van der Waals surface area contributed by atoms with E-state index in [2.05, 4.69) is 26.4 Å². The van der Waals surface area contributed by atoms with Gasteiger partial charge in [0.2, 0.25) is 0 Å². The molecule has 0 saturated heterocycles. The van der Waals surface area contributed by atoms with E-state index in [0.717, 1.165) is 0 Å². The standard InChI is InChI=1S/C20H20N4O3S/c1-12-18-13(10-14(16-6-4-8-26-16)22-20(18)27-23-12)19(25)21-11-15(24(2)3)17-7-5-9-28-17/h4-10,15H,11H2,1-3H3,(H,21,25)/t15-/m0/s1. The number of aromatic nitrogens is 2. The minimum atomic E-state index is -0.199. The lowest BCUT2D eigenvalue weighted by atomic mass is 10.1. The number of pyridine rings is 1. The van der Waals surface area contributed by atoms with E-state index in [9.17, 15) is 4.79 Å². The molecule has 1 atom stereocenters. The van der Waals surface area contributed by atoms with Crippen molar-refractivity contribution in [1.29, 1.82) is 0 Å². The van der Waals surface area contributed by atoms with Crippen molar-refractivity contribution in [1.82, 2.24) is 20.4 Å². The van der Waals surface area contributed by atoms with E-state index in [-0.39, 0.29) is 11.9 Å². The van der Waals surface area contributed by atoms with Gasteiger partial charge in [0.25, 0.3) is 11.6 Å². The molecule has 8 heteroatoms. The zero-order chi connectivity index (χ0) is 19.7. The van der Waals surface area contributed by atoms with E-state index in [1.54, 1.807) is 42.7 Å². The molecule has 0 bridgehead atoms. The first-order chi connectivity index (χ1) is 13.5. The molecule has 4 rings (SSSR count). The van der Waals surface area contributed by atoms with E-state index in [4.69, 9.17) is 8.94 Å². The molecule has 0 saturated carbocycles. The lowest BCUT2D eigenvalue weighted by Crippen LogP contribution is -2.34. The number of hydrogen-bond acceptors (Lipinski definition) is 7. The van der Waals surface area contributed by atoms with Gasteiger partial charge in [-0.15, -0.1) is 11.3 Å². The molecule has 0 fully saturated rings. The molecule has 28 heavy (non-hydrogen) atoms. The summed E-state index contributed by atoms with van der Waals surface area (Å²) in [5, 5.41) is 9.67. The number of thiophene rings is 1. The quantitative estimate of drug-likeness (QED) is 0.532. The monoisotopic (exact) mass is 396 g/mol. The van der Waals surface area contributed by atoms with Crippen molar-refractivity contribution in [2.24, 2.45) is 0 Å². The summed E-state index contributed by atoms with van der Waals surface area (Å²) in [7, 11) is 4.00. The summed E-state index contributed by atoms with van der Waals surface area (Å²) >= 11 is 1.67. The van der Waals surface area contributed by atoms with Crippen LogP contribution in [-0.4, -0.2) is 41.6 Å². The molecule has 0 aliphatic carbocycles. The van der Waals surface area contributed by atoms with Crippen LogP contribution in [0.4, 0.5) is 0 Å². The van der Waals surface area contributed by atoms with Crippen molar-refractivity contribution in [3.05, 3.63) is 58.1 Å². The number of furan rings is 1. The first-order valence-electron chi connectivity index (χ1n) is 8.83. The van der Waals surface area contributed by atoms with Crippen molar-refractivity contribution in [2.75, 3.05) is 20.6 Å². The maximum Gasteiger partial charge on any atom is 0.259 e. The summed E-state index contributed by atoms with van der Waals surface area (Å²) in [5.41, 5.74) is 1.94. The third kappa shape index (κ3) is 3.44. The Labute approximate surface area is 166 Å². The minimum absolute atomic E-state index is 0.0920. The number of hydrogen-bond donors (Lipinski definition) is 1. The molecule has 0 aliphatic heterocycles. The molecule has 0 radical (unpaired) electrons. The Morgan fingerprint density at radius 1 is 1.32 bits per heavy atom. The largest absolute Gasteiger partial charge is 0.463 e. The number of rotatable bonds is 6. The highest BCUT2D eigenvalue weighted by atomic mass is 32.1. The average molecular weight is 396 g/mol. The van der Waals surface area contributed by atoms with Crippen LogP contribution in [-0.2, 0) is 0 Å². The number of carbonyl (C=O) groups excluding carboxylic acids is 1. The average Bonchev–Trinajstić information content (AvgIpc) is 3.43. The molecular formula is C20H20N4O3S. The highest BCUT2D eigenvalue weighted by Crippen LogP contribution is 2.28. The first kappa shape index (κ1) is 18.4. The van der Waals surface area contributed by atoms with Gasteiger partial charge in [0.05, 0.1) is 28.9 Å². The first-order valence-corrected chi connectivity index (χ1v) is 9.71. The number of amides is 1. The lowest BCUT2D eigenvalue weighted by Gasteiger charge is -2.23. The van der Waals surface area contributed by atoms with Gasteiger partial charge < -0.3 is 19.2 Å². The van der Waals surface area contributed by atoms with Crippen molar-refractivity contribution in [2.45, 2.75) is 13.0 Å². The molecule has 0 aromatic carbocycles.